The second-order valence-electron chi connectivity index (χ2n) is 17.0. The average Bonchev–Trinajstić information content (AvgIpc) is 3.24. The molecular formula is C54H95NO5. The summed E-state index contributed by atoms with van der Waals surface area (Å²) in [6, 6.07) is -0.717. The van der Waals surface area contributed by atoms with Gasteiger partial charge in [0.15, 0.2) is 0 Å². The molecule has 346 valence electrons. The first-order valence-corrected chi connectivity index (χ1v) is 25.2. The van der Waals surface area contributed by atoms with Crippen molar-refractivity contribution < 1.29 is 24.5 Å². The van der Waals surface area contributed by atoms with E-state index >= 15 is 0 Å². The second kappa shape index (κ2) is 47.4. The zero-order valence-electron chi connectivity index (χ0n) is 39.3. The Hall–Kier alpha value is -2.70. The van der Waals surface area contributed by atoms with Crippen LogP contribution in [0.15, 0.2) is 72.9 Å². The van der Waals surface area contributed by atoms with Crippen LogP contribution in [0.5, 0.6) is 0 Å². The van der Waals surface area contributed by atoms with E-state index in [4.69, 9.17) is 4.74 Å². The van der Waals surface area contributed by atoms with Gasteiger partial charge in [-0.2, -0.15) is 0 Å². The Morgan fingerprint density at radius 1 is 0.500 bits per heavy atom. The van der Waals surface area contributed by atoms with Crippen molar-refractivity contribution in [2.24, 2.45) is 0 Å². The van der Waals surface area contributed by atoms with Gasteiger partial charge in [0.1, 0.15) is 6.10 Å². The number of carbonyl (C=O) groups is 2. The largest absolute Gasteiger partial charge is 0.462 e. The first-order valence-electron chi connectivity index (χ1n) is 25.2. The fraction of sp³-hybridized carbons (Fsp3) is 0.741. The average molecular weight is 838 g/mol. The number of nitrogens with one attached hydrogen (secondary N) is 1. The van der Waals surface area contributed by atoms with Crippen LogP contribution in [0.2, 0.25) is 0 Å². The summed E-state index contributed by atoms with van der Waals surface area (Å²) in [5, 5.41) is 23.7. The van der Waals surface area contributed by atoms with Gasteiger partial charge in [-0.1, -0.05) is 222 Å². The Morgan fingerprint density at radius 3 is 1.37 bits per heavy atom. The Labute approximate surface area is 371 Å². The zero-order chi connectivity index (χ0) is 43.8. The first-order chi connectivity index (χ1) is 29.5. The summed E-state index contributed by atoms with van der Waals surface area (Å²) >= 11 is 0. The third-order valence-electron chi connectivity index (χ3n) is 11.1. The molecule has 0 aromatic rings. The molecule has 1 amide bonds. The second-order valence-corrected chi connectivity index (χ2v) is 17.0. The molecule has 0 aliphatic carbocycles. The number of ether oxygens (including phenoxy) is 1. The monoisotopic (exact) mass is 838 g/mol. The molecule has 0 aliphatic rings. The van der Waals surface area contributed by atoms with Crippen LogP contribution >= 0.6 is 0 Å². The molecule has 6 nitrogen and oxygen atoms in total. The smallest absolute Gasteiger partial charge is 0.306 e. The SMILES string of the molecule is CC/C=C/C=C/C=C/CCCCCCCCCC(=O)OC(CCCCC/C=C/C=C/C=C/CCCCCCC)CC(=O)NC(CO)C(O)CCCCCCCCCCCC. The van der Waals surface area contributed by atoms with Gasteiger partial charge in [-0.15, -0.1) is 0 Å². The lowest BCUT2D eigenvalue weighted by Crippen LogP contribution is -2.46. The van der Waals surface area contributed by atoms with Crippen LogP contribution < -0.4 is 5.32 Å². The molecule has 0 saturated carbocycles. The van der Waals surface area contributed by atoms with E-state index in [1.54, 1.807) is 0 Å². The van der Waals surface area contributed by atoms with Gasteiger partial charge in [0.05, 0.1) is 25.2 Å². The van der Waals surface area contributed by atoms with E-state index < -0.39 is 18.2 Å². The van der Waals surface area contributed by atoms with E-state index in [-0.39, 0.29) is 24.9 Å². The van der Waals surface area contributed by atoms with Crippen LogP contribution in [-0.2, 0) is 14.3 Å². The molecule has 3 unspecified atom stereocenters. The maximum absolute atomic E-state index is 13.2. The molecule has 0 radical (unpaired) electrons. The maximum Gasteiger partial charge on any atom is 0.306 e. The fourth-order valence-corrected chi connectivity index (χ4v) is 7.31. The van der Waals surface area contributed by atoms with E-state index in [1.165, 1.54) is 103 Å². The molecular weight excluding hydrogens is 743 g/mol. The molecule has 3 N–H and O–H groups in total. The van der Waals surface area contributed by atoms with Crippen molar-refractivity contribution in [2.75, 3.05) is 6.61 Å². The Bertz CT molecular complexity index is 1120. The lowest BCUT2D eigenvalue weighted by molar-refractivity contribution is -0.151. The van der Waals surface area contributed by atoms with E-state index in [0.717, 1.165) is 83.5 Å². The van der Waals surface area contributed by atoms with Crippen molar-refractivity contribution >= 4 is 11.9 Å². The molecule has 0 saturated heterocycles. The molecule has 0 spiro atoms. The minimum Gasteiger partial charge on any atom is -0.462 e. The third-order valence-corrected chi connectivity index (χ3v) is 11.1. The topological polar surface area (TPSA) is 95.9 Å². The first kappa shape index (κ1) is 57.3. The Balaban J connectivity index is 4.70. The predicted molar refractivity (Wildman–Crippen MR) is 259 cm³/mol. The van der Waals surface area contributed by atoms with Crippen molar-refractivity contribution in [3.8, 4) is 0 Å². The third kappa shape index (κ3) is 42.0. The molecule has 0 fully saturated rings. The molecule has 0 aliphatic heterocycles. The Kier molecular flexibility index (Phi) is 45.2. The highest BCUT2D eigenvalue weighted by atomic mass is 16.5. The van der Waals surface area contributed by atoms with Gasteiger partial charge < -0.3 is 20.3 Å². The summed E-state index contributed by atoms with van der Waals surface area (Å²) in [5.41, 5.74) is 0. The number of esters is 1. The molecule has 0 aromatic heterocycles. The lowest BCUT2D eigenvalue weighted by Gasteiger charge is -2.24. The molecule has 3 atom stereocenters. The number of aliphatic hydroxyl groups excluding tert-OH is 2. The molecule has 0 bridgehead atoms. The van der Waals surface area contributed by atoms with E-state index in [2.05, 4.69) is 99.0 Å². The number of unbranched alkanes of at least 4 members (excludes halogenated alkanes) is 24. The molecule has 0 rings (SSSR count). The number of allylic oxidation sites excluding steroid dienone is 12. The summed E-state index contributed by atoms with van der Waals surface area (Å²) in [5.74, 6) is -0.524. The minimum absolute atomic E-state index is 0.0472. The zero-order valence-corrected chi connectivity index (χ0v) is 39.3. The summed E-state index contributed by atoms with van der Waals surface area (Å²) in [6.45, 7) is 6.31. The van der Waals surface area contributed by atoms with Crippen LogP contribution in [0.25, 0.3) is 0 Å². The van der Waals surface area contributed by atoms with E-state index in [1.807, 2.05) is 0 Å². The fourth-order valence-electron chi connectivity index (χ4n) is 7.31. The van der Waals surface area contributed by atoms with Crippen molar-refractivity contribution in [2.45, 2.75) is 251 Å². The minimum atomic E-state index is -0.800. The summed E-state index contributed by atoms with van der Waals surface area (Å²) in [6.07, 6.45) is 59.6. The Morgan fingerprint density at radius 2 is 0.900 bits per heavy atom. The molecule has 0 aromatic carbocycles. The van der Waals surface area contributed by atoms with Crippen molar-refractivity contribution in [3.05, 3.63) is 72.9 Å². The highest BCUT2D eigenvalue weighted by molar-refractivity contribution is 5.77. The number of rotatable bonds is 44. The standard InChI is InChI=1S/C54H95NO5/c1-4-7-10-13-16-19-22-24-26-28-29-31-33-36-39-42-45-50(60-54(59)47-44-41-38-35-32-30-27-25-23-20-17-14-11-8-5-2)48-53(58)55-51(49-56)52(57)46-43-40-37-34-21-18-15-12-9-6-3/h8,11,14,17,20,22-24,26,28-29,31,50-52,56-57H,4-7,9-10,12-13,15-16,18-19,21,25,27,30,32-49H2,1-3H3,(H,55,58)/b11-8+,17-14+,23-20+,24-22+,28-26+,31-29+. The lowest BCUT2D eigenvalue weighted by atomic mass is 10.0. The summed E-state index contributed by atoms with van der Waals surface area (Å²) in [4.78, 5) is 26.1. The van der Waals surface area contributed by atoms with Crippen LogP contribution in [0, 0.1) is 0 Å². The van der Waals surface area contributed by atoms with Crippen molar-refractivity contribution in [1.29, 1.82) is 0 Å². The summed E-state index contributed by atoms with van der Waals surface area (Å²) < 4.78 is 5.91. The van der Waals surface area contributed by atoms with Gasteiger partial charge in [0, 0.05) is 6.42 Å². The number of carbonyl (C=O) groups excluding carboxylic acids is 2. The molecule has 6 heteroatoms. The number of hydrogen-bond acceptors (Lipinski definition) is 5. The van der Waals surface area contributed by atoms with Gasteiger partial charge in [-0.05, 0) is 70.6 Å². The highest BCUT2D eigenvalue weighted by Crippen LogP contribution is 2.17. The molecule has 60 heavy (non-hydrogen) atoms. The van der Waals surface area contributed by atoms with Crippen LogP contribution in [-0.4, -0.2) is 46.9 Å². The predicted octanol–water partition coefficient (Wildman–Crippen LogP) is 15.0. The van der Waals surface area contributed by atoms with E-state index in [0.29, 0.717) is 19.3 Å². The van der Waals surface area contributed by atoms with Crippen LogP contribution in [0.3, 0.4) is 0 Å². The van der Waals surface area contributed by atoms with Crippen LogP contribution in [0.1, 0.15) is 233 Å². The van der Waals surface area contributed by atoms with E-state index in [9.17, 15) is 19.8 Å². The maximum atomic E-state index is 13.2. The van der Waals surface area contributed by atoms with Gasteiger partial charge in [-0.25, -0.2) is 0 Å². The van der Waals surface area contributed by atoms with Gasteiger partial charge in [0.2, 0.25) is 5.91 Å². The summed E-state index contributed by atoms with van der Waals surface area (Å²) in [7, 11) is 0. The van der Waals surface area contributed by atoms with Crippen LogP contribution in [0.4, 0.5) is 0 Å². The van der Waals surface area contributed by atoms with Crippen molar-refractivity contribution in [1.82, 2.24) is 5.32 Å². The number of amides is 1. The van der Waals surface area contributed by atoms with Crippen molar-refractivity contribution in [3.63, 3.8) is 0 Å². The highest BCUT2D eigenvalue weighted by Gasteiger charge is 2.24. The quantitative estimate of drug-likeness (QED) is 0.0323. The number of hydrogen-bond donors (Lipinski definition) is 3. The molecule has 0 heterocycles. The van der Waals surface area contributed by atoms with Gasteiger partial charge >= 0.3 is 5.97 Å². The normalized spacial score (nSPS) is 13.9. The number of aliphatic hydroxyl groups is 2. The van der Waals surface area contributed by atoms with Gasteiger partial charge in [-0.3, -0.25) is 9.59 Å². The van der Waals surface area contributed by atoms with Gasteiger partial charge in [0.25, 0.3) is 0 Å².